The molecule has 0 radical (unpaired) electrons. The van der Waals surface area contributed by atoms with Crippen LogP contribution in [0.15, 0.2) is 6.07 Å². The highest BCUT2D eigenvalue weighted by molar-refractivity contribution is 5.27. The average molecular weight is 261 g/mol. The third kappa shape index (κ3) is 3.24. The van der Waals surface area contributed by atoms with Crippen LogP contribution in [0.4, 0.5) is 19.1 Å². The quantitative estimate of drug-likeness (QED) is 0.905. The highest BCUT2D eigenvalue weighted by Crippen LogP contribution is 2.31. The average Bonchev–Trinajstić information content (AvgIpc) is 2.20. The third-order valence-corrected chi connectivity index (χ3v) is 3.01. The van der Waals surface area contributed by atoms with Crippen LogP contribution in [0, 0.1) is 5.92 Å². The Morgan fingerprint density at radius 3 is 2.61 bits per heavy atom. The van der Waals surface area contributed by atoms with E-state index in [1.165, 1.54) is 19.3 Å². The number of aromatic nitrogens is 2. The van der Waals surface area contributed by atoms with E-state index in [1.54, 1.807) is 0 Å². The molecule has 7 heteroatoms. The Labute approximate surface area is 102 Å². The van der Waals surface area contributed by atoms with Crippen molar-refractivity contribution in [2.45, 2.75) is 31.9 Å². The van der Waals surface area contributed by atoms with E-state index >= 15 is 0 Å². The van der Waals surface area contributed by atoms with Crippen molar-refractivity contribution in [1.82, 2.24) is 9.97 Å². The molecule has 4 nitrogen and oxygen atoms in total. The maximum Gasteiger partial charge on any atom is 0.433 e. The predicted octanol–water partition coefficient (Wildman–Crippen LogP) is 2.65. The number of anilines is 1. The Morgan fingerprint density at radius 1 is 1.33 bits per heavy atom. The number of alkyl halides is 3. The molecular formula is C11H14F3N3O. The standard InChI is InChI=1S/C11H14F3N3O/c12-11(13,14)8-6-9(17-10(15)16-8)18-5-4-7-2-1-3-7/h6-7H,1-5H2,(H2,15,16,17). The van der Waals surface area contributed by atoms with Gasteiger partial charge in [-0.1, -0.05) is 19.3 Å². The van der Waals surface area contributed by atoms with Crippen molar-refractivity contribution >= 4 is 5.95 Å². The number of nitrogen functional groups attached to an aromatic ring is 1. The molecule has 0 saturated heterocycles. The predicted molar refractivity (Wildman–Crippen MR) is 58.9 cm³/mol. The first kappa shape index (κ1) is 12.9. The normalized spacial score (nSPS) is 16.4. The first-order valence-electron chi connectivity index (χ1n) is 5.79. The third-order valence-electron chi connectivity index (χ3n) is 3.01. The molecule has 1 aromatic heterocycles. The molecule has 100 valence electrons. The molecule has 1 saturated carbocycles. The summed E-state index contributed by atoms with van der Waals surface area (Å²) in [5, 5.41) is 0. The monoisotopic (exact) mass is 261 g/mol. The Morgan fingerprint density at radius 2 is 2.06 bits per heavy atom. The Balaban J connectivity index is 1.96. The van der Waals surface area contributed by atoms with E-state index in [1.807, 2.05) is 0 Å². The number of nitrogens with zero attached hydrogens (tertiary/aromatic N) is 2. The molecule has 0 spiro atoms. The molecule has 0 atom stereocenters. The summed E-state index contributed by atoms with van der Waals surface area (Å²) < 4.78 is 42.6. The molecule has 18 heavy (non-hydrogen) atoms. The molecular weight excluding hydrogens is 247 g/mol. The molecule has 0 aliphatic heterocycles. The van der Waals surface area contributed by atoms with Gasteiger partial charge >= 0.3 is 6.18 Å². The maximum atomic E-state index is 12.5. The molecule has 0 aromatic carbocycles. The lowest BCUT2D eigenvalue weighted by atomic mass is 9.83. The highest BCUT2D eigenvalue weighted by atomic mass is 19.4. The van der Waals surface area contributed by atoms with Crippen LogP contribution in [0.2, 0.25) is 0 Å². The van der Waals surface area contributed by atoms with Crippen LogP contribution < -0.4 is 10.5 Å². The number of rotatable bonds is 4. The zero-order valence-corrected chi connectivity index (χ0v) is 9.70. The Kier molecular flexibility index (Phi) is 3.58. The molecule has 1 aliphatic rings. The number of halogens is 3. The van der Waals surface area contributed by atoms with Gasteiger partial charge in [0.15, 0.2) is 5.69 Å². The van der Waals surface area contributed by atoms with Crippen LogP contribution in [0.1, 0.15) is 31.4 Å². The van der Waals surface area contributed by atoms with E-state index in [4.69, 9.17) is 10.5 Å². The van der Waals surface area contributed by atoms with Gasteiger partial charge in [-0.25, -0.2) is 4.98 Å². The first-order valence-corrected chi connectivity index (χ1v) is 5.79. The minimum atomic E-state index is -4.54. The van der Waals surface area contributed by atoms with E-state index in [2.05, 4.69) is 9.97 Å². The molecule has 1 heterocycles. The summed E-state index contributed by atoms with van der Waals surface area (Å²) in [6.45, 7) is 0.360. The summed E-state index contributed by atoms with van der Waals surface area (Å²) in [7, 11) is 0. The summed E-state index contributed by atoms with van der Waals surface area (Å²) >= 11 is 0. The molecule has 0 amide bonds. The zero-order valence-electron chi connectivity index (χ0n) is 9.70. The lowest BCUT2D eigenvalue weighted by molar-refractivity contribution is -0.141. The van der Waals surface area contributed by atoms with Crippen LogP contribution >= 0.6 is 0 Å². The lowest BCUT2D eigenvalue weighted by Gasteiger charge is -2.24. The van der Waals surface area contributed by atoms with E-state index < -0.39 is 17.8 Å². The summed E-state index contributed by atoms with van der Waals surface area (Å²) in [6, 6.07) is 0.775. The van der Waals surface area contributed by atoms with Crippen LogP contribution in [0.5, 0.6) is 5.88 Å². The van der Waals surface area contributed by atoms with Gasteiger partial charge in [-0.3, -0.25) is 0 Å². The van der Waals surface area contributed by atoms with E-state index in [-0.39, 0.29) is 5.88 Å². The fourth-order valence-corrected chi connectivity index (χ4v) is 1.77. The largest absolute Gasteiger partial charge is 0.478 e. The summed E-state index contributed by atoms with van der Waals surface area (Å²) in [5.41, 5.74) is 4.15. The van der Waals surface area contributed by atoms with Crippen LogP contribution in [-0.2, 0) is 6.18 Å². The van der Waals surface area contributed by atoms with Crippen molar-refractivity contribution in [2.75, 3.05) is 12.3 Å². The van der Waals surface area contributed by atoms with Gasteiger partial charge in [0.05, 0.1) is 6.61 Å². The van der Waals surface area contributed by atoms with Gasteiger partial charge in [-0.05, 0) is 12.3 Å². The van der Waals surface area contributed by atoms with Gasteiger partial charge in [0.25, 0.3) is 0 Å². The second-order valence-corrected chi connectivity index (χ2v) is 4.38. The Bertz CT molecular complexity index is 418. The van der Waals surface area contributed by atoms with Gasteiger partial charge < -0.3 is 10.5 Å². The Hall–Kier alpha value is -1.53. The van der Waals surface area contributed by atoms with Crippen molar-refractivity contribution in [3.63, 3.8) is 0 Å². The zero-order chi connectivity index (χ0) is 13.2. The van der Waals surface area contributed by atoms with Gasteiger partial charge in [-0.2, -0.15) is 18.2 Å². The van der Waals surface area contributed by atoms with E-state index in [9.17, 15) is 13.2 Å². The van der Waals surface area contributed by atoms with Crippen molar-refractivity contribution in [2.24, 2.45) is 5.92 Å². The molecule has 1 aliphatic carbocycles. The van der Waals surface area contributed by atoms with Crippen LogP contribution in [-0.4, -0.2) is 16.6 Å². The van der Waals surface area contributed by atoms with Gasteiger partial charge in [0, 0.05) is 6.07 Å². The lowest BCUT2D eigenvalue weighted by Crippen LogP contribution is -2.16. The maximum absolute atomic E-state index is 12.5. The SMILES string of the molecule is Nc1nc(OCCC2CCC2)cc(C(F)(F)F)n1. The fraction of sp³-hybridized carbons (Fsp3) is 0.636. The topological polar surface area (TPSA) is 61.0 Å². The number of hydrogen-bond acceptors (Lipinski definition) is 4. The molecule has 1 aromatic rings. The van der Waals surface area contributed by atoms with Crippen LogP contribution in [0.25, 0.3) is 0 Å². The van der Waals surface area contributed by atoms with E-state index in [0.717, 1.165) is 12.5 Å². The van der Waals surface area contributed by atoms with Crippen molar-refractivity contribution < 1.29 is 17.9 Å². The van der Waals surface area contributed by atoms with Crippen LogP contribution in [0.3, 0.4) is 0 Å². The second kappa shape index (κ2) is 4.99. The van der Waals surface area contributed by atoms with Gasteiger partial charge in [0.2, 0.25) is 11.8 Å². The van der Waals surface area contributed by atoms with Gasteiger partial charge in [-0.15, -0.1) is 0 Å². The number of ether oxygens (including phenoxy) is 1. The van der Waals surface area contributed by atoms with E-state index in [0.29, 0.717) is 12.5 Å². The molecule has 0 unspecified atom stereocenters. The second-order valence-electron chi connectivity index (χ2n) is 4.38. The number of hydrogen-bond donors (Lipinski definition) is 1. The fourth-order valence-electron chi connectivity index (χ4n) is 1.77. The summed E-state index contributed by atoms with van der Waals surface area (Å²) in [4.78, 5) is 6.77. The minimum Gasteiger partial charge on any atom is -0.478 e. The highest BCUT2D eigenvalue weighted by Gasteiger charge is 2.33. The summed E-state index contributed by atoms with van der Waals surface area (Å²) in [6.07, 6.45) is -0.135. The molecule has 0 bridgehead atoms. The minimum absolute atomic E-state index is 0.117. The van der Waals surface area contributed by atoms with Gasteiger partial charge in [0.1, 0.15) is 0 Å². The molecule has 1 fully saturated rings. The van der Waals surface area contributed by atoms with Crippen molar-refractivity contribution in [3.8, 4) is 5.88 Å². The molecule has 2 rings (SSSR count). The molecule has 2 N–H and O–H groups in total. The number of nitrogens with two attached hydrogens (primary N) is 1. The smallest absolute Gasteiger partial charge is 0.433 e. The summed E-state index contributed by atoms with van der Waals surface area (Å²) in [5.74, 6) is 0.0869. The van der Waals surface area contributed by atoms with Crippen molar-refractivity contribution in [1.29, 1.82) is 0 Å². The van der Waals surface area contributed by atoms with Crippen molar-refractivity contribution in [3.05, 3.63) is 11.8 Å². The first-order chi connectivity index (χ1) is 8.45.